The van der Waals surface area contributed by atoms with Crippen LogP contribution in [-0.4, -0.2) is 7.85 Å². The van der Waals surface area contributed by atoms with E-state index in [1.807, 2.05) is 6.07 Å². The van der Waals surface area contributed by atoms with E-state index in [1.54, 1.807) is 0 Å². The van der Waals surface area contributed by atoms with E-state index in [-0.39, 0.29) is 5.31 Å². The van der Waals surface area contributed by atoms with Crippen molar-refractivity contribution in [2.45, 2.75) is 5.31 Å². The van der Waals surface area contributed by atoms with Gasteiger partial charge in [-0.05, 0) is 22.3 Å². The fourth-order valence-electron chi connectivity index (χ4n) is 2.99. The van der Waals surface area contributed by atoms with Crippen LogP contribution in [0.15, 0.2) is 97.6 Å². The number of allylic oxidation sites excluding steroid dienone is 1. The molecule has 0 aliphatic rings. The van der Waals surface area contributed by atoms with Crippen molar-refractivity contribution in [1.82, 2.24) is 0 Å². The maximum Gasteiger partial charge on any atom is 0.126 e. The zero-order valence-corrected chi connectivity index (χ0v) is 12.9. The standard InChI is InChI=1S/C21H19B/c1-17(18-11-5-2-6-12-18)21(22,19-13-7-3-8-14-19)20-15-9-4-10-16-20/h2-16H,1,22H2. The normalized spacial score (nSPS) is 11.1. The molecule has 0 N–H and O–H groups in total. The fourth-order valence-corrected chi connectivity index (χ4v) is 2.99. The molecule has 106 valence electrons. The fraction of sp³-hybridized carbons (Fsp3) is 0.0476. The van der Waals surface area contributed by atoms with Gasteiger partial charge in [-0.1, -0.05) is 97.6 Å². The molecule has 0 saturated carbocycles. The van der Waals surface area contributed by atoms with Gasteiger partial charge in [-0.3, -0.25) is 0 Å². The molecule has 0 spiro atoms. The molecule has 1 heteroatoms. The average Bonchev–Trinajstić information content (AvgIpc) is 2.62. The highest BCUT2D eigenvalue weighted by Gasteiger charge is 2.32. The first-order chi connectivity index (χ1) is 10.7. The Labute approximate surface area is 133 Å². The van der Waals surface area contributed by atoms with Gasteiger partial charge in [0.1, 0.15) is 7.85 Å². The second-order valence-electron chi connectivity index (χ2n) is 5.70. The quantitative estimate of drug-likeness (QED) is 0.627. The molecule has 0 aliphatic carbocycles. The van der Waals surface area contributed by atoms with Gasteiger partial charge in [-0.25, -0.2) is 0 Å². The van der Waals surface area contributed by atoms with E-state index < -0.39 is 0 Å². The van der Waals surface area contributed by atoms with Gasteiger partial charge in [0.25, 0.3) is 0 Å². The van der Waals surface area contributed by atoms with E-state index in [2.05, 4.69) is 99.4 Å². The van der Waals surface area contributed by atoms with E-state index in [4.69, 9.17) is 0 Å². The highest BCUT2D eigenvalue weighted by atomic mass is 14.3. The largest absolute Gasteiger partial charge is 0.126 e. The van der Waals surface area contributed by atoms with E-state index in [1.165, 1.54) is 16.7 Å². The lowest BCUT2D eigenvalue weighted by Crippen LogP contribution is -2.29. The molecule has 0 nitrogen and oxygen atoms in total. The van der Waals surface area contributed by atoms with Gasteiger partial charge in [-0.2, -0.15) is 0 Å². The summed E-state index contributed by atoms with van der Waals surface area (Å²) >= 11 is 0. The molecule has 0 amide bonds. The second kappa shape index (κ2) is 6.07. The maximum absolute atomic E-state index is 4.45. The molecule has 0 saturated heterocycles. The predicted octanol–water partition coefficient (Wildman–Crippen LogP) is 4.28. The average molecular weight is 282 g/mol. The second-order valence-corrected chi connectivity index (χ2v) is 5.70. The maximum atomic E-state index is 4.45. The summed E-state index contributed by atoms with van der Waals surface area (Å²) in [6.45, 7) is 4.45. The van der Waals surface area contributed by atoms with Crippen LogP contribution in [-0.2, 0) is 5.31 Å². The van der Waals surface area contributed by atoms with Gasteiger partial charge in [0.2, 0.25) is 0 Å². The van der Waals surface area contributed by atoms with Crippen LogP contribution in [0.3, 0.4) is 0 Å². The minimum Gasteiger partial charge on any atom is -0.0947 e. The third kappa shape index (κ3) is 2.51. The molecule has 3 aromatic rings. The molecule has 0 unspecified atom stereocenters. The minimum absolute atomic E-state index is 0.246. The Hall–Kier alpha value is -2.54. The molecule has 0 heterocycles. The van der Waals surface area contributed by atoms with Crippen LogP contribution in [0.25, 0.3) is 5.57 Å². The molecule has 0 aliphatic heterocycles. The summed E-state index contributed by atoms with van der Waals surface area (Å²) in [5.74, 6) is 0. The molecular weight excluding hydrogens is 263 g/mol. The summed E-state index contributed by atoms with van der Waals surface area (Å²) in [5, 5.41) is -0.246. The zero-order chi connectivity index (χ0) is 15.4. The first-order valence-corrected chi connectivity index (χ1v) is 7.59. The Morgan fingerprint density at radius 1 is 0.636 bits per heavy atom. The van der Waals surface area contributed by atoms with Gasteiger partial charge >= 0.3 is 0 Å². The molecule has 0 fully saturated rings. The first-order valence-electron chi connectivity index (χ1n) is 7.59. The Morgan fingerprint density at radius 2 is 1.00 bits per heavy atom. The van der Waals surface area contributed by atoms with Crippen LogP contribution in [0.1, 0.15) is 16.7 Å². The summed E-state index contributed by atoms with van der Waals surface area (Å²) in [7, 11) is 2.26. The lowest BCUT2D eigenvalue weighted by atomic mass is 9.55. The van der Waals surface area contributed by atoms with E-state index >= 15 is 0 Å². The highest BCUT2D eigenvalue weighted by Crippen LogP contribution is 2.40. The zero-order valence-electron chi connectivity index (χ0n) is 12.9. The van der Waals surface area contributed by atoms with Crippen LogP contribution in [0.4, 0.5) is 0 Å². The summed E-state index contributed by atoms with van der Waals surface area (Å²) in [6.07, 6.45) is 0. The number of benzene rings is 3. The van der Waals surface area contributed by atoms with Crippen LogP contribution in [0.5, 0.6) is 0 Å². The summed E-state index contributed by atoms with van der Waals surface area (Å²) in [4.78, 5) is 0. The van der Waals surface area contributed by atoms with Gasteiger partial charge in [0, 0.05) is 5.31 Å². The molecular formula is C21H19B. The summed E-state index contributed by atoms with van der Waals surface area (Å²) in [5.41, 5.74) is 4.81. The monoisotopic (exact) mass is 282 g/mol. The Kier molecular flexibility index (Phi) is 3.97. The van der Waals surface area contributed by atoms with E-state index in [9.17, 15) is 0 Å². The third-order valence-electron chi connectivity index (χ3n) is 4.43. The summed E-state index contributed by atoms with van der Waals surface area (Å²) < 4.78 is 0. The van der Waals surface area contributed by atoms with Gasteiger partial charge in [-0.15, -0.1) is 0 Å². The van der Waals surface area contributed by atoms with Gasteiger partial charge in [0.05, 0.1) is 0 Å². The Bertz CT molecular complexity index is 706. The number of rotatable bonds is 4. The lowest BCUT2D eigenvalue weighted by Gasteiger charge is -2.34. The van der Waals surface area contributed by atoms with Crippen molar-refractivity contribution in [3.8, 4) is 0 Å². The van der Waals surface area contributed by atoms with Crippen LogP contribution < -0.4 is 0 Å². The highest BCUT2D eigenvalue weighted by molar-refractivity contribution is 6.25. The van der Waals surface area contributed by atoms with Crippen molar-refractivity contribution in [1.29, 1.82) is 0 Å². The van der Waals surface area contributed by atoms with Crippen LogP contribution >= 0.6 is 0 Å². The SMILES string of the molecule is BC(C(=C)c1ccccc1)(c1ccccc1)c1ccccc1. The first kappa shape index (κ1) is 14.4. The molecule has 0 aromatic heterocycles. The van der Waals surface area contributed by atoms with Crippen LogP contribution in [0, 0.1) is 0 Å². The number of hydrogen-bond acceptors (Lipinski definition) is 0. The molecule has 0 bridgehead atoms. The minimum atomic E-state index is -0.246. The molecule has 0 atom stereocenters. The van der Waals surface area contributed by atoms with Crippen molar-refractivity contribution in [2.75, 3.05) is 0 Å². The van der Waals surface area contributed by atoms with Crippen LogP contribution in [0.2, 0.25) is 0 Å². The van der Waals surface area contributed by atoms with Crippen molar-refractivity contribution >= 4 is 13.4 Å². The summed E-state index contributed by atoms with van der Waals surface area (Å²) in [6, 6.07) is 31.6. The van der Waals surface area contributed by atoms with E-state index in [0.717, 1.165) is 5.57 Å². The smallest absolute Gasteiger partial charge is 0.0947 e. The molecule has 22 heavy (non-hydrogen) atoms. The number of hydrogen-bond donors (Lipinski definition) is 0. The lowest BCUT2D eigenvalue weighted by molar-refractivity contribution is 0.946. The topological polar surface area (TPSA) is 0 Å². The van der Waals surface area contributed by atoms with Crippen molar-refractivity contribution in [3.63, 3.8) is 0 Å². The van der Waals surface area contributed by atoms with Gasteiger partial charge in [0.15, 0.2) is 0 Å². The molecule has 0 radical (unpaired) electrons. The Balaban J connectivity index is 2.18. The molecule has 3 aromatic carbocycles. The Morgan fingerprint density at radius 3 is 1.41 bits per heavy atom. The van der Waals surface area contributed by atoms with Crippen molar-refractivity contribution in [2.24, 2.45) is 0 Å². The van der Waals surface area contributed by atoms with Gasteiger partial charge < -0.3 is 0 Å². The van der Waals surface area contributed by atoms with Crippen molar-refractivity contribution in [3.05, 3.63) is 114 Å². The molecule has 3 rings (SSSR count). The van der Waals surface area contributed by atoms with E-state index in [0.29, 0.717) is 0 Å². The third-order valence-corrected chi connectivity index (χ3v) is 4.43. The predicted molar refractivity (Wildman–Crippen MR) is 97.7 cm³/mol. The van der Waals surface area contributed by atoms with Crippen molar-refractivity contribution < 1.29 is 0 Å².